The molecule has 0 spiro atoms. The van der Waals surface area contributed by atoms with Crippen LogP contribution in [0.25, 0.3) is 0 Å². The van der Waals surface area contributed by atoms with Gasteiger partial charge in [0.1, 0.15) is 0 Å². The van der Waals surface area contributed by atoms with Crippen molar-refractivity contribution in [2.45, 2.75) is 23.5 Å². The number of halogens is 1. The van der Waals surface area contributed by atoms with Crippen molar-refractivity contribution in [2.24, 2.45) is 0 Å². The first kappa shape index (κ1) is 17.0. The van der Waals surface area contributed by atoms with E-state index in [1.165, 1.54) is 11.8 Å². The molecule has 1 unspecified atom stereocenters. The number of hydrogen-bond acceptors (Lipinski definition) is 3. The fraction of sp³-hybridized carbons (Fsp3) is 0.222. The lowest BCUT2D eigenvalue weighted by molar-refractivity contribution is -0.122. The van der Waals surface area contributed by atoms with E-state index in [0.29, 0.717) is 0 Å². The summed E-state index contributed by atoms with van der Waals surface area (Å²) in [6, 6.07) is 13.4. The Morgan fingerprint density at radius 2 is 2.04 bits per heavy atom. The van der Waals surface area contributed by atoms with E-state index in [4.69, 9.17) is 0 Å². The largest absolute Gasteiger partial charge is 0.324 e. The van der Waals surface area contributed by atoms with Gasteiger partial charge in [-0.15, -0.1) is 11.8 Å². The number of fused-ring (bicyclic) bond motifs is 1. The monoisotopic (exact) mass is 404 g/mol. The molecule has 0 aliphatic carbocycles. The van der Waals surface area contributed by atoms with Crippen molar-refractivity contribution in [1.82, 2.24) is 0 Å². The average molecular weight is 405 g/mol. The van der Waals surface area contributed by atoms with Gasteiger partial charge in [0.05, 0.1) is 10.9 Å². The van der Waals surface area contributed by atoms with Gasteiger partial charge in [-0.2, -0.15) is 0 Å². The second-order valence-electron chi connectivity index (χ2n) is 5.68. The first-order valence-corrected chi connectivity index (χ1v) is 9.22. The molecule has 1 atom stereocenters. The predicted molar refractivity (Wildman–Crippen MR) is 102 cm³/mol. The Balaban J connectivity index is 1.72. The summed E-state index contributed by atoms with van der Waals surface area (Å²) in [5.74, 6) is -0.198. The molecule has 4 nitrogen and oxygen atoms in total. The van der Waals surface area contributed by atoms with Crippen LogP contribution in [0.2, 0.25) is 0 Å². The van der Waals surface area contributed by atoms with Gasteiger partial charge < -0.3 is 10.2 Å². The van der Waals surface area contributed by atoms with Crippen molar-refractivity contribution in [2.75, 3.05) is 17.3 Å². The number of nitrogens with zero attached hydrogens (tertiary/aromatic N) is 1. The first-order valence-electron chi connectivity index (χ1n) is 7.55. The number of rotatable bonds is 3. The summed E-state index contributed by atoms with van der Waals surface area (Å²) in [6.45, 7) is 1.98. The molecule has 0 fully saturated rings. The van der Waals surface area contributed by atoms with Crippen LogP contribution >= 0.6 is 27.7 Å². The summed E-state index contributed by atoms with van der Waals surface area (Å²) in [5.41, 5.74) is 2.70. The molecule has 0 saturated carbocycles. The quantitative estimate of drug-likeness (QED) is 0.832. The summed E-state index contributed by atoms with van der Waals surface area (Å²) in [7, 11) is 1.74. The number of hydrogen-bond donors (Lipinski definition) is 1. The molecule has 0 saturated heterocycles. The van der Waals surface area contributed by atoms with Crippen LogP contribution in [0.15, 0.2) is 51.8 Å². The van der Waals surface area contributed by atoms with Crippen molar-refractivity contribution < 1.29 is 9.59 Å². The van der Waals surface area contributed by atoms with Crippen LogP contribution in [0.3, 0.4) is 0 Å². The second-order valence-corrected chi connectivity index (χ2v) is 7.78. The van der Waals surface area contributed by atoms with Crippen molar-refractivity contribution in [1.29, 1.82) is 0 Å². The zero-order chi connectivity index (χ0) is 17.3. The van der Waals surface area contributed by atoms with E-state index in [0.717, 1.165) is 26.3 Å². The number of carbonyl (C=O) groups excluding carboxylic acids is 2. The molecular formula is C18H17BrN2O2S. The smallest absolute Gasteiger partial charge is 0.238 e. The van der Waals surface area contributed by atoms with Crippen LogP contribution in [-0.2, 0) is 9.59 Å². The van der Waals surface area contributed by atoms with Gasteiger partial charge in [0.15, 0.2) is 0 Å². The van der Waals surface area contributed by atoms with Crippen LogP contribution in [0.4, 0.5) is 11.4 Å². The minimum Gasteiger partial charge on any atom is -0.324 e. The number of aryl methyl sites for hydroxylation is 1. The van der Waals surface area contributed by atoms with Crippen molar-refractivity contribution in [3.63, 3.8) is 0 Å². The van der Waals surface area contributed by atoms with Crippen LogP contribution in [0, 0.1) is 6.92 Å². The highest BCUT2D eigenvalue weighted by Gasteiger charge is 2.30. The highest BCUT2D eigenvalue weighted by Crippen LogP contribution is 2.37. The van der Waals surface area contributed by atoms with Crippen LogP contribution in [0.1, 0.15) is 12.0 Å². The predicted octanol–water partition coefficient (Wildman–Crippen LogP) is 4.22. The van der Waals surface area contributed by atoms with E-state index in [9.17, 15) is 9.59 Å². The minimum absolute atomic E-state index is 0.0799. The SMILES string of the molecule is Cc1cc(N(C)C(=O)CC2Sc3ccccc3NC2=O)ccc1Br. The van der Waals surface area contributed by atoms with Crippen LogP contribution < -0.4 is 10.2 Å². The maximum absolute atomic E-state index is 12.6. The first-order chi connectivity index (χ1) is 11.5. The molecule has 1 aliphatic rings. The Morgan fingerprint density at radius 3 is 2.79 bits per heavy atom. The molecule has 0 aromatic heterocycles. The Labute approximate surface area is 153 Å². The molecule has 0 radical (unpaired) electrons. The molecule has 2 aromatic carbocycles. The highest BCUT2D eigenvalue weighted by molar-refractivity contribution is 9.10. The molecule has 6 heteroatoms. The van der Waals surface area contributed by atoms with Crippen molar-refractivity contribution >= 4 is 50.9 Å². The molecule has 2 amide bonds. The maximum Gasteiger partial charge on any atom is 0.238 e. The third-order valence-corrected chi connectivity index (χ3v) is 6.13. The number of thioether (sulfide) groups is 1. The molecule has 24 heavy (non-hydrogen) atoms. The molecule has 1 aliphatic heterocycles. The number of benzene rings is 2. The minimum atomic E-state index is -0.411. The van der Waals surface area contributed by atoms with Gasteiger partial charge in [-0.3, -0.25) is 9.59 Å². The van der Waals surface area contributed by atoms with Gasteiger partial charge in [-0.05, 0) is 42.8 Å². The number of amides is 2. The van der Waals surface area contributed by atoms with Gasteiger partial charge in [0.25, 0.3) is 0 Å². The number of para-hydroxylation sites is 1. The fourth-order valence-electron chi connectivity index (χ4n) is 2.50. The molecule has 1 heterocycles. The van der Waals surface area contributed by atoms with Crippen LogP contribution in [0.5, 0.6) is 0 Å². The van der Waals surface area contributed by atoms with Gasteiger partial charge in [-0.1, -0.05) is 28.1 Å². The summed E-state index contributed by atoms with van der Waals surface area (Å²) < 4.78 is 1.01. The van der Waals surface area contributed by atoms with E-state index < -0.39 is 5.25 Å². The number of carbonyl (C=O) groups is 2. The van der Waals surface area contributed by atoms with E-state index in [1.54, 1.807) is 11.9 Å². The van der Waals surface area contributed by atoms with Gasteiger partial charge in [0.2, 0.25) is 11.8 Å². The van der Waals surface area contributed by atoms with Crippen LogP contribution in [-0.4, -0.2) is 24.1 Å². The topological polar surface area (TPSA) is 49.4 Å². The molecule has 3 rings (SSSR count). The highest BCUT2D eigenvalue weighted by atomic mass is 79.9. The van der Waals surface area contributed by atoms with E-state index >= 15 is 0 Å². The van der Waals surface area contributed by atoms with Gasteiger partial charge in [0, 0.05) is 28.5 Å². The molecule has 0 bridgehead atoms. The van der Waals surface area contributed by atoms with E-state index in [-0.39, 0.29) is 18.2 Å². The third kappa shape index (κ3) is 3.49. The molecular weight excluding hydrogens is 388 g/mol. The van der Waals surface area contributed by atoms with E-state index in [1.807, 2.05) is 49.4 Å². The normalized spacial score (nSPS) is 16.3. The number of nitrogens with one attached hydrogen (secondary N) is 1. The Bertz CT molecular complexity index is 809. The zero-order valence-corrected chi connectivity index (χ0v) is 15.8. The lowest BCUT2D eigenvalue weighted by Gasteiger charge is -2.25. The lowest BCUT2D eigenvalue weighted by atomic mass is 10.2. The standard InChI is InChI=1S/C18H17BrN2O2S/c1-11-9-12(7-8-13(11)19)21(2)17(22)10-16-18(23)20-14-5-3-4-6-15(14)24-16/h3-9,16H,10H2,1-2H3,(H,20,23). The zero-order valence-electron chi connectivity index (χ0n) is 13.4. The van der Waals surface area contributed by atoms with Gasteiger partial charge in [-0.25, -0.2) is 0 Å². The molecule has 1 N–H and O–H groups in total. The second kappa shape index (κ2) is 6.99. The summed E-state index contributed by atoms with van der Waals surface area (Å²) in [5, 5.41) is 2.46. The van der Waals surface area contributed by atoms with E-state index in [2.05, 4.69) is 21.2 Å². The third-order valence-electron chi connectivity index (χ3n) is 3.97. The fourth-order valence-corrected chi connectivity index (χ4v) is 3.85. The van der Waals surface area contributed by atoms with Gasteiger partial charge >= 0.3 is 0 Å². The lowest BCUT2D eigenvalue weighted by Crippen LogP contribution is -2.35. The maximum atomic E-state index is 12.6. The summed E-state index contributed by atoms with van der Waals surface area (Å²) in [6.07, 6.45) is 0.163. The number of anilines is 2. The Kier molecular flexibility index (Phi) is 4.96. The average Bonchev–Trinajstić information content (AvgIpc) is 2.57. The molecule has 2 aromatic rings. The molecule has 124 valence electrons. The van der Waals surface area contributed by atoms with Crippen molar-refractivity contribution in [3.8, 4) is 0 Å². The van der Waals surface area contributed by atoms with Crippen molar-refractivity contribution in [3.05, 3.63) is 52.5 Å². The Hall–Kier alpha value is -1.79. The summed E-state index contributed by atoms with van der Waals surface area (Å²) in [4.78, 5) is 27.4. The summed E-state index contributed by atoms with van der Waals surface area (Å²) >= 11 is 4.90. The Morgan fingerprint density at radius 1 is 1.29 bits per heavy atom.